The maximum atomic E-state index is 11.9. The van der Waals surface area contributed by atoms with Gasteiger partial charge in [-0.15, -0.1) is 0 Å². The third-order valence-electron chi connectivity index (χ3n) is 4.17. The molecule has 1 saturated heterocycles. The molecule has 0 aliphatic carbocycles. The third-order valence-corrected chi connectivity index (χ3v) is 4.17. The highest BCUT2D eigenvalue weighted by atomic mass is 16.4. The van der Waals surface area contributed by atoms with Gasteiger partial charge in [0.15, 0.2) is 0 Å². The monoisotopic (exact) mass is 329 g/mol. The number of hydrogen-bond donors (Lipinski definition) is 3. The zero-order valence-electron chi connectivity index (χ0n) is 13.6. The summed E-state index contributed by atoms with van der Waals surface area (Å²) in [7, 11) is 0. The smallest absolute Gasteiger partial charge is 0.319 e. The third kappa shape index (κ3) is 4.29. The molecule has 1 aromatic heterocycles. The lowest BCUT2D eigenvalue weighted by atomic mass is 10.1. The summed E-state index contributed by atoms with van der Waals surface area (Å²) in [5, 5.41) is 15.3. The van der Waals surface area contributed by atoms with Crippen LogP contribution in [0.25, 0.3) is 0 Å². The molecule has 3 rings (SSSR count). The minimum absolute atomic E-state index is 0.0885. The molecular formula is C18H23N3O3. The molecule has 1 aromatic carbocycles. The van der Waals surface area contributed by atoms with Crippen molar-refractivity contribution < 1.29 is 14.3 Å². The van der Waals surface area contributed by atoms with E-state index in [2.05, 4.69) is 15.5 Å². The molecule has 1 fully saturated rings. The van der Waals surface area contributed by atoms with Crippen molar-refractivity contribution >= 4 is 17.4 Å². The molecule has 6 heteroatoms. The Balaban J connectivity index is 1.47. The van der Waals surface area contributed by atoms with Gasteiger partial charge in [-0.25, -0.2) is 4.79 Å². The predicted octanol–water partition coefficient (Wildman–Crippen LogP) is 3.13. The molecule has 1 aliphatic heterocycles. The number of amides is 2. The Morgan fingerprint density at radius 3 is 2.58 bits per heavy atom. The number of rotatable bonds is 5. The molecule has 2 aromatic rings. The minimum atomic E-state index is -0.854. The van der Waals surface area contributed by atoms with Crippen molar-refractivity contribution in [2.45, 2.75) is 25.4 Å². The van der Waals surface area contributed by atoms with E-state index >= 15 is 0 Å². The molecular weight excluding hydrogens is 306 g/mol. The van der Waals surface area contributed by atoms with Crippen molar-refractivity contribution in [2.75, 3.05) is 29.9 Å². The molecule has 0 spiro atoms. The average Bonchev–Trinajstić information content (AvgIpc) is 3.16. The largest absolute Gasteiger partial charge is 0.467 e. The number of urea groups is 1. The first-order chi connectivity index (χ1) is 11.7. The first kappa shape index (κ1) is 16.4. The van der Waals surface area contributed by atoms with Crippen LogP contribution in [0.1, 0.15) is 31.1 Å². The van der Waals surface area contributed by atoms with Gasteiger partial charge in [-0.1, -0.05) is 0 Å². The second-order valence-electron chi connectivity index (χ2n) is 5.96. The van der Waals surface area contributed by atoms with E-state index in [9.17, 15) is 9.90 Å². The Hall–Kier alpha value is -2.47. The van der Waals surface area contributed by atoms with Crippen LogP contribution >= 0.6 is 0 Å². The number of piperidine rings is 1. The van der Waals surface area contributed by atoms with Gasteiger partial charge in [0.2, 0.25) is 0 Å². The zero-order chi connectivity index (χ0) is 16.8. The summed E-state index contributed by atoms with van der Waals surface area (Å²) in [5.41, 5.74) is 1.91. The number of anilines is 2. The Morgan fingerprint density at radius 2 is 1.92 bits per heavy atom. The van der Waals surface area contributed by atoms with Gasteiger partial charge >= 0.3 is 6.03 Å². The normalized spacial score (nSPS) is 15.8. The number of carbonyl (C=O) groups is 1. The number of hydrogen-bond acceptors (Lipinski definition) is 4. The van der Waals surface area contributed by atoms with E-state index in [-0.39, 0.29) is 12.6 Å². The predicted molar refractivity (Wildman–Crippen MR) is 93.2 cm³/mol. The van der Waals surface area contributed by atoms with Crippen LogP contribution in [0, 0.1) is 0 Å². The molecule has 0 saturated carbocycles. The lowest BCUT2D eigenvalue weighted by molar-refractivity contribution is 0.149. The fraction of sp³-hybridized carbons (Fsp3) is 0.389. The number of nitrogens with zero attached hydrogens (tertiary/aromatic N) is 1. The van der Waals surface area contributed by atoms with E-state index < -0.39 is 6.10 Å². The van der Waals surface area contributed by atoms with Gasteiger partial charge in [0.05, 0.1) is 12.8 Å². The van der Waals surface area contributed by atoms with E-state index in [0.29, 0.717) is 5.76 Å². The van der Waals surface area contributed by atoms with Gasteiger partial charge < -0.3 is 25.1 Å². The van der Waals surface area contributed by atoms with Crippen molar-refractivity contribution in [3.8, 4) is 0 Å². The van der Waals surface area contributed by atoms with Crippen LogP contribution in [-0.2, 0) is 0 Å². The van der Waals surface area contributed by atoms with Crippen LogP contribution in [0.15, 0.2) is 47.1 Å². The zero-order valence-corrected chi connectivity index (χ0v) is 13.6. The van der Waals surface area contributed by atoms with Gasteiger partial charge in [-0.3, -0.25) is 0 Å². The van der Waals surface area contributed by atoms with Crippen LogP contribution in [0.3, 0.4) is 0 Å². The molecule has 0 bridgehead atoms. The SMILES string of the molecule is O=C(NCC(O)c1ccco1)Nc1ccc(N2CCCCC2)cc1. The number of benzene rings is 1. The van der Waals surface area contributed by atoms with E-state index in [1.165, 1.54) is 31.2 Å². The molecule has 1 aliphatic rings. The van der Waals surface area contributed by atoms with E-state index in [0.717, 1.165) is 18.8 Å². The molecule has 2 heterocycles. The summed E-state index contributed by atoms with van der Waals surface area (Å²) in [6.07, 6.45) is 4.41. The summed E-state index contributed by atoms with van der Waals surface area (Å²) in [6, 6.07) is 10.9. The summed E-state index contributed by atoms with van der Waals surface area (Å²) < 4.78 is 5.09. The maximum absolute atomic E-state index is 11.9. The Bertz CT molecular complexity index is 634. The fourth-order valence-electron chi connectivity index (χ4n) is 2.85. The van der Waals surface area contributed by atoms with Gasteiger partial charge in [0, 0.05) is 24.5 Å². The number of aliphatic hydroxyl groups excluding tert-OH is 1. The van der Waals surface area contributed by atoms with Crippen LogP contribution in [0.5, 0.6) is 0 Å². The molecule has 6 nitrogen and oxygen atoms in total. The quantitative estimate of drug-likeness (QED) is 0.787. The molecule has 2 amide bonds. The van der Waals surface area contributed by atoms with Crippen LogP contribution in [0.4, 0.5) is 16.2 Å². The summed E-state index contributed by atoms with van der Waals surface area (Å²) in [4.78, 5) is 14.3. The molecule has 128 valence electrons. The van der Waals surface area contributed by atoms with E-state index in [4.69, 9.17) is 4.42 Å². The highest BCUT2D eigenvalue weighted by Crippen LogP contribution is 2.21. The van der Waals surface area contributed by atoms with Gasteiger partial charge in [-0.2, -0.15) is 0 Å². The maximum Gasteiger partial charge on any atom is 0.319 e. The van der Waals surface area contributed by atoms with Crippen molar-refractivity contribution in [3.63, 3.8) is 0 Å². The number of furan rings is 1. The van der Waals surface area contributed by atoms with E-state index in [1.54, 1.807) is 12.1 Å². The van der Waals surface area contributed by atoms with Crippen LogP contribution in [0.2, 0.25) is 0 Å². The topological polar surface area (TPSA) is 77.7 Å². The number of aliphatic hydroxyl groups is 1. The molecule has 24 heavy (non-hydrogen) atoms. The van der Waals surface area contributed by atoms with Gasteiger partial charge in [-0.05, 0) is 55.7 Å². The first-order valence-corrected chi connectivity index (χ1v) is 8.34. The Morgan fingerprint density at radius 1 is 1.17 bits per heavy atom. The lowest BCUT2D eigenvalue weighted by Crippen LogP contribution is -2.32. The van der Waals surface area contributed by atoms with Gasteiger partial charge in [0.25, 0.3) is 0 Å². The number of carbonyl (C=O) groups excluding carboxylic acids is 1. The first-order valence-electron chi connectivity index (χ1n) is 8.34. The van der Waals surface area contributed by atoms with Crippen molar-refractivity contribution in [2.24, 2.45) is 0 Å². The van der Waals surface area contributed by atoms with Crippen molar-refractivity contribution in [3.05, 3.63) is 48.4 Å². The Kier molecular flexibility index (Phi) is 5.38. The molecule has 1 atom stereocenters. The second-order valence-corrected chi connectivity index (χ2v) is 5.96. The van der Waals surface area contributed by atoms with Gasteiger partial charge in [0.1, 0.15) is 11.9 Å². The molecule has 0 radical (unpaired) electrons. The van der Waals surface area contributed by atoms with Crippen LogP contribution < -0.4 is 15.5 Å². The number of nitrogens with one attached hydrogen (secondary N) is 2. The lowest BCUT2D eigenvalue weighted by Gasteiger charge is -2.28. The molecule has 3 N–H and O–H groups in total. The van der Waals surface area contributed by atoms with Crippen molar-refractivity contribution in [1.29, 1.82) is 0 Å². The summed E-state index contributed by atoms with van der Waals surface area (Å²) in [6.45, 7) is 2.28. The minimum Gasteiger partial charge on any atom is -0.467 e. The summed E-state index contributed by atoms with van der Waals surface area (Å²) in [5.74, 6) is 0.432. The van der Waals surface area contributed by atoms with Crippen molar-refractivity contribution in [1.82, 2.24) is 5.32 Å². The fourth-order valence-corrected chi connectivity index (χ4v) is 2.85. The average molecular weight is 329 g/mol. The standard InChI is InChI=1S/C18H23N3O3/c22-16(17-5-4-12-24-17)13-19-18(23)20-14-6-8-15(9-7-14)21-10-2-1-3-11-21/h4-9,12,16,22H,1-3,10-11,13H2,(H2,19,20,23). The Labute approximate surface area is 141 Å². The highest BCUT2D eigenvalue weighted by molar-refractivity contribution is 5.89. The van der Waals surface area contributed by atoms with E-state index in [1.807, 2.05) is 24.3 Å². The summed E-state index contributed by atoms with van der Waals surface area (Å²) >= 11 is 0. The molecule has 1 unspecified atom stereocenters. The second kappa shape index (κ2) is 7.88. The highest BCUT2D eigenvalue weighted by Gasteiger charge is 2.13. The van der Waals surface area contributed by atoms with Crippen LogP contribution in [-0.4, -0.2) is 30.8 Å².